The quantitative estimate of drug-likeness (QED) is 0.105. The Morgan fingerprint density at radius 3 is 1.29 bits per heavy atom. The zero-order valence-electron chi connectivity index (χ0n) is 27.6. The van der Waals surface area contributed by atoms with Crippen molar-refractivity contribution in [3.05, 3.63) is 142 Å². The van der Waals surface area contributed by atoms with Gasteiger partial charge in [0.25, 0.3) is 0 Å². The van der Waals surface area contributed by atoms with Crippen LogP contribution in [0.4, 0.5) is 0 Å². The fourth-order valence-electron chi connectivity index (χ4n) is 3.92. The van der Waals surface area contributed by atoms with Crippen LogP contribution in [0.15, 0.2) is 142 Å². The molecule has 0 amide bonds. The van der Waals surface area contributed by atoms with Crippen LogP contribution in [0.5, 0.6) is 0 Å². The van der Waals surface area contributed by atoms with Gasteiger partial charge in [0.15, 0.2) is 0 Å². The molecule has 1 aliphatic rings. The van der Waals surface area contributed by atoms with Crippen LogP contribution in [0.3, 0.4) is 0 Å². The number of rotatable bonds is 16. The lowest BCUT2D eigenvalue weighted by molar-refractivity contribution is 0.320. The Morgan fingerprint density at radius 2 is 0.902 bits per heavy atom. The molecule has 0 aromatic rings. The second-order valence-corrected chi connectivity index (χ2v) is 12.1. The van der Waals surface area contributed by atoms with Crippen LogP contribution < -0.4 is 0 Å². The second-order valence-electron chi connectivity index (χ2n) is 12.1. The van der Waals surface area contributed by atoms with Gasteiger partial charge in [0, 0.05) is 0 Å². The van der Waals surface area contributed by atoms with E-state index in [1.807, 2.05) is 0 Å². The molecule has 1 heterocycles. The maximum Gasteiger partial charge on any atom is 0.0892 e. The smallest absolute Gasteiger partial charge is 0.0892 e. The topological polar surface area (TPSA) is 12.5 Å². The molecule has 0 bridgehead atoms. The number of hydrogen-bond acceptors (Lipinski definition) is 1. The Hall–Kier alpha value is -3.16. The number of epoxide rings is 1. The summed E-state index contributed by atoms with van der Waals surface area (Å²) < 4.78 is 5.67. The van der Waals surface area contributed by atoms with E-state index in [1.54, 1.807) is 0 Å². The third kappa shape index (κ3) is 19.5. The average Bonchev–Trinajstić information content (AvgIpc) is 3.51. The van der Waals surface area contributed by atoms with Gasteiger partial charge in [-0.2, -0.15) is 0 Å². The first kappa shape index (κ1) is 35.9. The predicted molar refractivity (Wildman–Crippen MR) is 185 cm³/mol. The molecule has 1 aliphatic heterocycles. The van der Waals surface area contributed by atoms with Gasteiger partial charge >= 0.3 is 0 Å². The van der Waals surface area contributed by atoms with Crippen LogP contribution in [-0.2, 0) is 4.74 Å². The van der Waals surface area contributed by atoms with Gasteiger partial charge < -0.3 is 4.74 Å². The van der Waals surface area contributed by atoms with Crippen LogP contribution in [0.1, 0.15) is 94.9 Å². The molecule has 0 aliphatic carbocycles. The minimum atomic E-state index is 0.0919. The third-order valence-corrected chi connectivity index (χ3v) is 6.80. The van der Waals surface area contributed by atoms with Crippen molar-refractivity contribution in [1.29, 1.82) is 0 Å². The van der Waals surface area contributed by atoms with E-state index in [1.165, 1.54) is 39.0 Å². The molecule has 0 N–H and O–H groups in total. The van der Waals surface area contributed by atoms with E-state index in [0.717, 1.165) is 25.7 Å². The standard InChI is InChI=1S/C40H56O/c1-32(2)18-13-21-35(5)24-16-27-36(6)25-14-22-33(3)19-11-12-20-34(4)23-15-26-37(7)28-17-29-38(8)30-31-39-40(9,10)41-39/h11-12,14-20,22-29,39H,13,21,30-31H2,1-10H3/b12-11+,22-14-,23-15+,27-16+,28-17+,33-19+,34-20+,35-24-,36-25+,37-26-,38-29-. The van der Waals surface area contributed by atoms with Crippen LogP contribution in [0.2, 0.25) is 0 Å². The summed E-state index contributed by atoms with van der Waals surface area (Å²) in [6.45, 7) is 21.5. The molecule has 1 nitrogen and oxygen atoms in total. The van der Waals surface area contributed by atoms with Crippen LogP contribution in [0, 0.1) is 0 Å². The fourth-order valence-corrected chi connectivity index (χ4v) is 3.92. The summed E-state index contributed by atoms with van der Waals surface area (Å²) in [6.07, 6.45) is 41.4. The van der Waals surface area contributed by atoms with Crippen molar-refractivity contribution in [2.45, 2.75) is 107 Å². The zero-order valence-corrected chi connectivity index (χ0v) is 27.6. The number of allylic oxidation sites excluding steroid dienone is 24. The Bertz CT molecular complexity index is 1190. The summed E-state index contributed by atoms with van der Waals surface area (Å²) in [7, 11) is 0. The molecule has 0 radical (unpaired) electrons. The summed E-state index contributed by atoms with van der Waals surface area (Å²) >= 11 is 0. The lowest BCUT2D eigenvalue weighted by atomic mass is 10.0. The SMILES string of the molecule is CC(C)=CCC\C(C)=C/C=C/C(C)=C/C=C\C(C)=C\C=C\C=C(C)\C=C\C=C(C)/C=C/C=C(/C)CCC1OC1(C)C. The monoisotopic (exact) mass is 552 g/mol. The average molecular weight is 553 g/mol. The van der Waals surface area contributed by atoms with Gasteiger partial charge in [0.1, 0.15) is 0 Å². The molecule has 1 fully saturated rings. The van der Waals surface area contributed by atoms with Gasteiger partial charge in [-0.3, -0.25) is 0 Å². The molecule has 41 heavy (non-hydrogen) atoms. The molecule has 1 atom stereocenters. The molecular weight excluding hydrogens is 496 g/mol. The summed E-state index contributed by atoms with van der Waals surface area (Å²) in [5.41, 5.74) is 9.17. The second kappa shape index (κ2) is 19.8. The molecule has 222 valence electrons. The van der Waals surface area contributed by atoms with Gasteiger partial charge in [0.05, 0.1) is 11.7 Å². The van der Waals surface area contributed by atoms with Crippen molar-refractivity contribution in [2.24, 2.45) is 0 Å². The summed E-state index contributed by atoms with van der Waals surface area (Å²) in [6, 6.07) is 0. The van der Waals surface area contributed by atoms with Gasteiger partial charge in [-0.05, 0) is 94.9 Å². The Labute approximate surface area is 253 Å². The van der Waals surface area contributed by atoms with Gasteiger partial charge in [-0.15, -0.1) is 0 Å². The van der Waals surface area contributed by atoms with E-state index in [-0.39, 0.29) is 5.60 Å². The van der Waals surface area contributed by atoms with Crippen molar-refractivity contribution >= 4 is 0 Å². The third-order valence-electron chi connectivity index (χ3n) is 6.80. The van der Waals surface area contributed by atoms with E-state index in [2.05, 4.69) is 173 Å². The van der Waals surface area contributed by atoms with E-state index in [4.69, 9.17) is 4.74 Å². The Kier molecular flexibility index (Phi) is 17.4. The highest BCUT2D eigenvalue weighted by Gasteiger charge is 2.46. The Balaban J connectivity index is 2.45. The molecule has 1 rings (SSSR count). The first-order valence-corrected chi connectivity index (χ1v) is 15.1. The fraction of sp³-hybridized carbons (Fsp3) is 0.400. The van der Waals surface area contributed by atoms with Crippen molar-refractivity contribution in [3.63, 3.8) is 0 Å². The molecule has 0 aromatic carbocycles. The molecule has 1 saturated heterocycles. The van der Waals surface area contributed by atoms with E-state index in [9.17, 15) is 0 Å². The Morgan fingerprint density at radius 1 is 0.537 bits per heavy atom. The van der Waals surface area contributed by atoms with E-state index >= 15 is 0 Å². The lowest BCUT2D eigenvalue weighted by Gasteiger charge is -1.98. The zero-order chi connectivity index (χ0) is 30.7. The van der Waals surface area contributed by atoms with Crippen molar-refractivity contribution < 1.29 is 4.74 Å². The first-order valence-electron chi connectivity index (χ1n) is 15.1. The molecule has 1 heteroatoms. The predicted octanol–water partition coefficient (Wildman–Crippen LogP) is 12.1. The maximum atomic E-state index is 5.67. The van der Waals surface area contributed by atoms with E-state index < -0.39 is 0 Å². The van der Waals surface area contributed by atoms with E-state index in [0.29, 0.717) is 6.10 Å². The highest BCUT2D eigenvalue weighted by molar-refractivity contribution is 5.32. The first-order chi connectivity index (χ1) is 19.4. The van der Waals surface area contributed by atoms with Gasteiger partial charge in [-0.1, -0.05) is 142 Å². The summed E-state index contributed by atoms with van der Waals surface area (Å²) in [5, 5.41) is 0. The highest BCUT2D eigenvalue weighted by atomic mass is 16.6. The van der Waals surface area contributed by atoms with Gasteiger partial charge in [-0.25, -0.2) is 0 Å². The van der Waals surface area contributed by atoms with Crippen molar-refractivity contribution in [1.82, 2.24) is 0 Å². The van der Waals surface area contributed by atoms with Gasteiger partial charge in [0.2, 0.25) is 0 Å². The summed E-state index contributed by atoms with van der Waals surface area (Å²) in [5.74, 6) is 0. The molecule has 1 unspecified atom stereocenters. The van der Waals surface area contributed by atoms with Crippen molar-refractivity contribution in [3.8, 4) is 0 Å². The normalized spacial score (nSPS) is 19.6. The molecule has 0 spiro atoms. The lowest BCUT2D eigenvalue weighted by Crippen LogP contribution is -2.02. The minimum Gasteiger partial charge on any atom is -0.367 e. The number of ether oxygens (including phenoxy) is 1. The molecule has 0 aromatic heterocycles. The van der Waals surface area contributed by atoms with Crippen molar-refractivity contribution in [2.75, 3.05) is 0 Å². The van der Waals surface area contributed by atoms with Crippen LogP contribution >= 0.6 is 0 Å². The number of hydrogen-bond donors (Lipinski definition) is 0. The summed E-state index contributed by atoms with van der Waals surface area (Å²) in [4.78, 5) is 0. The largest absolute Gasteiger partial charge is 0.367 e. The minimum absolute atomic E-state index is 0.0919. The van der Waals surface area contributed by atoms with Crippen LogP contribution in [0.25, 0.3) is 0 Å². The highest BCUT2D eigenvalue weighted by Crippen LogP contribution is 2.38. The molecule has 0 saturated carbocycles. The maximum absolute atomic E-state index is 5.67. The molecular formula is C40H56O. The van der Waals surface area contributed by atoms with Crippen LogP contribution in [-0.4, -0.2) is 11.7 Å².